The SMILES string of the molecule is COc1ccccc1NC(=S)N(Cc1cc2c(C)cc(C)cc2[nH]c1=O)CC1CCCO1. The number of anilines is 1. The minimum atomic E-state index is -0.0973. The molecule has 1 aliphatic heterocycles. The van der Waals surface area contributed by atoms with Crippen molar-refractivity contribution in [1.29, 1.82) is 0 Å². The van der Waals surface area contributed by atoms with E-state index < -0.39 is 0 Å². The summed E-state index contributed by atoms with van der Waals surface area (Å²) in [5.41, 5.74) is 4.48. The number of nitrogens with one attached hydrogen (secondary N) is 2. The first-order chi connectivity index (χ1) is 15.4. The highest BCUT2D eigenvalue weighted by Crippen LogP contribution is 2.25. The molecule has 1 atom stereocenters. The van der Waals surface area contributed by atoms with Gasteiger partial charge in [-0.1, -0.05) is 18.2 Å². The molecule has 0 saturated carbocycles. The summed E-state index contributed by atoms with van der Waals surface area (Å²) in [6.07, 6.45) is 2.12. The fourth-order valence-corrected chi connectivity index (χ4v) is 4.48. The van der Waals surface area contributed by atoms with Gasteiger partial charge in [-0.05, 0) is 74.3 Å². The van der Waals surface area contributed by atoms with E-state index in [0.717, 1.165) is 47.2 Å². The van der Waals surface area contributed by atoms with Gasteiger partial charge in [0.1, 0.15) is 5.75 Å². The topological polar surface area (TPSA) is 66.6 Å². The van der Waals surface area contributed by atoms with Crippen LogP contribution in [0, 0.1) is 13.8 Å². The lowest BCUT2D eigenvalue weighted by atomic mass is 10.0. The molecular weight excluding hydrogens is 422 g/mol. The van der Waals surface area contributed by atoms with Crippen LogP contribution in [0.2, 0.25) is 0 Å². The molecule has 1 aliphatic rings. The second-order valence-electron chi connectivity index (χ2n) is 8.31. The number of ether oxygens (including phenoxy) is 2. The summed E-state index contributed by atoms with van der Waals surface area (Å²) >= 11 is 5.77. The molecule has 1 aromatic heterocycles. The third kappa shape index (κ3) is 4.95. The Labute approximate surface area is 193 Å². The van der Waals surface area contributed by atoms with Crippen molar-refractivity contribution in [1.82, 2.24) is 9.88 Å². The van der Waals surface area contributed by atoms with Gasteiger partial charge < -0.3 is 24.7 Å². The number of hydrogen-bond acceptors (Lipinski definition) is 4. The van der Waals surface area contributed by atoms with Gasteiger partial charge in [0.05, 0.1) is 25.4 Å². The molecule has 0 spiro atoms. The molecule has 0 amide bonds. The second kappa shape index (κ2) is 9.71. The van der Waals surface area contributed by atoms with Crippen molar-refractivity contribution < 1.29 is 9.47 Å². The molecule has 1 fully saturated rings. The van der Waals surface area contributed by atoms with Crippen molar-refractivity contribution in [3.05, 3.63) is 69.5 Å². The summed E-state index contributed by atoms with van der Waals surface area (Å²) in [5.74, 6) is 0.710. The summed E-state index contributed by atoms with van der Waals surface area (Å²) in [7, 11) is 1.63. The predicted molar refractivity (Wildman–Crippen MR) is 133 cm³/mol. The Kier molecular flexibility index (Phi) is 6.77. The van der Waals surface area contributed by atoms with Crippen molar-refractivity contribution in [2.24, 2.45) is 0 Å². The van der Waals surface area contributed by atoms with Gasteiger partial charge in [0.15, 0.2) is 5.11 Å². The van der Waals surface area contributed by atoms with Crippen molar-refractivity contribution in [3.63, 3.8) is 0 Å². The maximum absolute atomic E-state index is 12.9. The number of fused-ring (bicyclic) bond motifs is 1. The number of rotatable bonds is 6. The van der Waals surface area contributed by atoms with E-state index in [2.05, 4.69) is 23.3 Å². The number of nitrogens with zero attached hydrogens (tertiary/aromatic N) is 1. The van der Waals surface area contributed by atoms with Gasteiger partial charge in [0.2, 0.25) is 0 Å². The standard InChI is InChI=1S/C25H29N3O3S/c1-16-11-17(2)20-13-18(24(29)26-22(20)12-16)14-28(15-19-7-6-10-31-19)25(32)27-21-8-4-5-9-23(21)30-3/h4-5,8-9,11-13,19H,6-7,10,14-15H2,1-3H3,(H,26,29)(H,27,32). The molecule has 0 aliphatic carbocycles. The van der Waals surface area contributed by atoms with E-state index in [-0.39, 0.29) is 11.7 Å². The molecule has 7 heteroatoms. The fraction of sp³-hybridized carbons (Fsp3) is 0.360. The van der Waals surface area contributed by atoms with E-state index in [1.54, 1.807) is 7.11 Å². The Hall–Kier alpha value is -2.90. The zero-order valence-corrected chi connectivity index (χ0v) is 19.6. The van der Waals surface area contributed by atoms with Gasteiger partial charge in [0.25, 0.3) is 5.56 Å². The van der Waals surface area contributed by atoms with E-state index in [1.807, 2.05) is 48.2 Å². The molecule has 4 rings (SSSR count). The van der Waals surface area contributed by atoms with Crippen LogP contribution in [0.25, 0.3) is 10.9 Å². The lowest BCUT2D eigenvalue weighted by Crippen LogP contribution is -2.40. The Morgan fingerprint density at radius 2 is 2.09 bits per heavy atom. The van der Waals surface area contributed by atoms with Crippen LogP contribution in [0.5, 0.6) is 5.75 Å². The number of methoxy groups -OCH3 is 1. The Morgan fingerprint density at radius 1 is 1.28 bits per heavy atom. The summed E-state index contributed by atoms with van der Waals surface area (Å²) in [6.45, 7) is 5.87. The average molecular weight is 452 g/mol. The van der Waals surface area contributed by atoms with Gasteiger partial charge in [-0.2, -0.15) is 0 Å². The van der Waals surface area contributed by atoms with E-state index in [0.29, 0.717) is 29.5 Å². The number of para-hydroxylation sites is 2. The van der Waals surface area contributed by atoms with Crippen LogP contribution in [0.3, 0.4) is 0 Å². The Bertz CT molecular complexity index is 1180. The predicted octanol–water partition coefficient (Wildman–Crippen LogP) is 4.53. The number of pyridine rings is 1. The van der Waals surface area contributed by atoms with Crippen molar-refractivity contribution in [2.45, 2.75) is 39.3 Å². The van der Waals surface area contributed by atoms with E-state index >= 15 is 0 Å². The first-order valence-corrected chi connectivity index (χ1v) is 11.3. The molecule has 0 bridgehead atoms. The van der Waals surface area contributed by atoms with E-state index in [9.17, 15) is 4.79 Å². The molecule has 2 heterocycles. The highest BCUT2D eigenvalue weighted by molar-refractivity contribution is 7.80. The molecule has 6 nitrogen and oxygen atoms in total. The summed E-state index contributed by atoms with van der Waals surface area (Å²) < 4.78 is 11.3. The average Bonchev–Trinajstić information content (AvgIpc) is 3.27. The van der Waals surface area contributed by atoms with Crippen molar-refractivity contribution in [2.75, 3.05) is 25.6 Å². The van der Waals surface area contributed by atoms with Gasteiger partial charge in [-0.3, -0.25) is 4.79 Å². The zero-order chi connectivity index (χ0) is 22.7. The molecule has 32 heavy (non-hydrogen) atoms. The highest BCUT2D eigenvalue weighted by atomic mass is 32.1. The van der Waals surface area contributed by atoms with E-state index in [1.165, 1.54) is 0 Å². The number of thiocarbonyl (C=S) groups is 1. The summed E-state index contributed by atoms with van der Waals surface area (Å²) in [5, 5.41) is 4.88. The van der Waals surface area contributed by atoms with Gasteiger partial charge >= 0.3 is 0 Å². The number of hydrogen-bond donors (Lipinski definition) is 2. The minimum Gasteiger partial charge on any atom is -0.495 e. The Morgan fingerprint density at radius 3 is 2.84 bits per heavy atom. The van der Waals surface area contributed by atoms with Crippen LogP contribution in [0.15, 0.2) is 47.3 Å². The number of benzene rings is 2. The second-order valence-corrected chi connectivity index (χ2v) is 8.70. The van der Waals surface area contributed by atoms with Gasteiger partial charge in [0, 0.05) is 29.6 Å². The molecule has 0 radical (unpaired) electrons. The van der Waals surface area contributed by atoms with Crippen LogP contribution in [0.1, 0.15) is 29.5 Å². The monoisotopic (exact) mass is 451 g/mol. The smallest absolute Gasteiger partial charge is 0.253 e. The number of aromatic nitrogens is 1. The first-order valence-electron chi connectivity index (χ1n) is 10.9. The Balaban J connectivity index is 1.64. The van der Waals surface area contributed by atoms with Crippen LogP contribution in [-0.4, -0.2) is 41.4 Å². The van der Waals surface area contributed by atoms with Gasteiger partial charge in [-0.25, -0.2) is 0 Å². The van der Waals surface area contributed by atoms with Crippen LogP contribution >= 0.6 is 12.2 Å². The van der Waals surface area contributed by atoms with Crippen LogP contribution in [0.4, 0.5) is 5.69 Å². The van der Waals surface area contributed by atoms with Crippen molar-refractivity contribution >= 4 is 33.9 Å². The molecule has 2 N–H and O–H groups in total. The number of H-pyrrole nitrogens is 1. The lowest BCUT2D eigenvalue weighted by molar-refractivity contribution is 0.0904. The zero-order valence-electron chi connectivity index (χ0n) is 18.7. The molecule has 168 valence electrons. The molecule has 3 aromatic rings. The van der Waals surface area contributed by atoms with E-state index in [4.69, 9.17) is 21.7 Å². The normalized spacial score (nSPS) is 15.7. The molecule has 1 unspecified atom stereocenters. The highest BCUT2D eigenvalue weighted by Gasteiger charge is 2.23. The first kappa shape index (κ1) is 22.3. The quantitative estimate of drug-likeness (QED) is 0.537. The maximum atomic E-state index is 12.9. The maximum Gasteiger partial charge on any atom is 0.253 e. The molecular formula is C25H29N3O3S. The van der Waals surface area contributed by atoms with Crippen LogP contribution in [-0.2, 0) is 11.3 Å². The number of aryl methyl sites for hydroxylation is 2. The third-order valence-corrected chi connectivity index (χ3v) is 6.19. The number of aromatic amines is 1. The minimum absolute atomic E-state index is 0.0938. The summed E-state index contributed by atoms with van der Waals surface area (Å²) in [4.78, 5) is 18.0. The third-order valence-electron chi connectivity index (χ3n) is 5.83. The molecule has 2 aromatic carbocycles. The van der Waals surface area contributed by atoms with Crippen molar-refractivity contribution in [3.8, 4) is 5.75 Å². The lowest BCUT2D eigenvalue weighted by Gasteiger charge is -2.28. The van der Waals surface area contributed by atoms with Gasteiger partial charge in [-0.15, -0.1) is 0 Å². The fourth-order valence-electron chi connectivity index (χ4n) is 4.23. The largest absolute Gasteiger partial charge is 0.495 e. The van der Waals surface area contributed by atoms with Crippen LogP contribution < -0.4 is 15.6 Å². The molecule has 1 saturated heterocycles. The summed E-state index contributed by atoms with van der Waals surface area (Å²) in [6, 6.07) is 13.8.